The number of ether oxygens (including phenoxy) is 3. The second-order valence-electron chi connectivity index (χ2n) is 3.52. The summed E-state index contributed by atoms with van der Waals surface area (Å²) in [6, 6.07) is 2.21. The molecule has 3 N–H and O–H groups in total. The summed E-state index contributed by atoms with van der Waals surface area (Å²) < 4.78 is 14.9. The van der Waals surface area contributed by atoms with Gasteiger partial charge in [-0.15, -0.1) is 0 Å². The van der Waals surface area contributed by atoms with E-state index in [2.05, 4.69) is 9.84 Å². The number of carbonyl (C=O) groups excluding carboxylic acids is 2. The average Bonchev–Trinajstić information content (AvgIpc) is 2.45. The number of nitrogens with one attached hydrogen (secondary N) is 1. The molecule has 0 spiro atoms. The molecule has 2 amide bonds. The van der Waals surface area contributed by atoms with Crippen LogP contribution >= 0.6 is 0 Å². The highest BCUT2D eigenvalue weighted by atomic mass is 16.5. The van der Waals surface area contributed by atoms with Gasteiger partial charge in [0, 0.05) is 6.07 Å². The summed E-state index contributed by atoms with van der Waals surface area (Å²) in [6.07, 6.45) is 1.23. The zero-order chi connectivity index (χ0) is 15.1. The van der Waals surface area contributed by atoms with Crippen molar-refractivity contribution in [1.29, 1.82) is 0 Å². The molecule has 0 fully saturated rings. The van der Waals surface area contributed by atoms with E-state index in [1.807, 2.05) is 5.43 Å². The van der Waals surface area contributed by atoms with Crippen LogP contribution in [0.4, 0.5) is 4.79 Å². The summed E-state index contributed by atoms with van der Waals surface area (Å²) in [5.74, 6) is 0.157. The lowest BCUT2D eigenvalue weighted by Crippen LogP contribution is -2.24. The van der Waals surface area contributed by atoms with Crippen LogP contribution in [-0.2, 0) is 4.74 Å². The minimum Gasteiger partial charge on any atom is -0.497 e. The van der Waals surface area contributed by atoms with E-state index >= 15 is 0 Å². The van der Waals surface area contributed by atoms with Gasteiger partial charge in [-0.05, 0) is 6.07 Å². The highest BCUT2D eigenvalue weighted by molar-refractivity contribution is 6.02. The molecule has 0 heterocycles. The Morgan fingerprint density at radius 1 is 1.25 bits per heavy atom. The van der Waals surface area contributed by atoms with E-state index in [0.29, 0.717) is 17.1 Å². The van der Waals surface area contributed by atoms with E-state index in [0.717, 1.165) is 0 Å². The molecule has 108 valence electrons. The average molecular weight is 281 g/mol. The highest BCUT2D eigenvalue weighted by Gasteiger charge is 2.17. The number of hydrazone groups is 1. The monoisotopic (exact) mass is 281 g/mol. The van der Waals surface area contributed by atoms with Gasteiger partial charge in [-0.2, -0.15) is 5.10 Å². The van der Waals surface area contributed by atoms with Crippen LogP contribution < -0.4 is 20.6 Å². The number of nitrogens with zero attached hydrogens (tertiary/aromatic N) is 1. The lowest BCUT2D eigenvalue weighted by molar-refractivity contribution is 0.0599. The number of primary amides is 1. The van der Waals surface area contributed by atoms with Crippen molar-refractivity contribution in [1.82, 2.24) is 5.43 Å². The van der Waals surface area contributed by atoms with Gasteiger partial charge in [0.15, 0.2) is 0 Å². The van der Waals surface area contributed by atoms with Gasteiger partial charge in [-0.25, -0.2) is 15.0 Å². The number of hydrogen-bond donors (Lipinski definition) is 2. The van der Waals surface area contributed by atoms with Crippen LogP contribution in [0.2, 0.25) is 0 Å². The largest absolute Gasteiger partial charge is 0.497 e. The minimum atomic E-state index is -0.826. The first kappa shape index (κ1) is 15.3. The molecule has 0 saturated heterocycles. The molecule has 0 aliphatic heterocycles. The number of amides is 2. The maximum absolute atomic E-state index is 11.8. The lowest BCUT2D eigenvalue weighted by Gasteiger charge is -2.11. The maximum Gasteiger partial charge on any atom is 0.338 e. The predicted octanol–water partition coefficient (Wildman–Crippen LogP) is 0.493. The van der Waals surface area contributed by atoms with Crippen molar-refractivity contribution in [3.63, 3.8) is 0 Å². The van der Waals surface area contributed by atoms with E-state index in [1.165, 1.54) is 33.6 Å². The smallest absolute Gasteiger partial charge is 0.338 e. The maximum atomic E-state index is 11.8. The molecule has 0 atom stereocenters. The Labute approximate surface area is 115 Å². The molecular weight excluding hydrogens is 266 g/mol. The first-order chi connectivity index (χ1) is 9.53. The molecule has 1 aromatic rings. The highest BCUT2D eigenvalue weighted by Crippen LogP contribution is 2.28. The molecule has 8 heteroatoms. The first-order valence-electron chi connectivity index (χ1n) is 5.46. The Hall–Kier alpha value is -2.77. The third kappa shape index (κ3) is 3.61. The van der Waals surface area contributed by atoms with Crippen molar-refractivity contribution >= 4 is 18.2 Å². The Balaban J connectivity index is 3.32. The van der Waals surface area contributed by atoms with Crippen LogP contribution in [0.3, 0.4) is 0 Å². The number of hydrogen-bond acceptors (Lipinski definition) is 6. The summed E-state index contributed by atoms with van der Waals surface area (Å²) in [7, 11) is 4.13. The molecule has 1 rings (SSSR count). The van der Waals surface area contributed by atoms with Gasteiger partial charge in [-0.3, -0.25) is 0 Å². The van der Waals surface area contributed by atoms with Crippen molar-refractivity contribution in [2.45, 2.75) is 0 Å². The second kappa shape index (κ2) is 6.98. The van der Waals surface area contributed by atoms with Crippen LogP contribution in [0, 0.1) is 0 Å². The third-order valence-corrected chi connectivity index (χ3v) is 2.34. The third-order valence-electron chi connectivity index (χ3n) is 2.34. The molecule has 0 aliphatic rings. The molecule has 1 aromatic carbocycles. The normalized spacial score (nSPS) is 10.2. The number of urea groups is 1. The Kier molecular flexibility index (Phi) is 5.33. The fourth-order valence-corrected chi connectivity index (χ4v) is 1.46. The summed E-state index contributed by atoms with van der Waals surface area (Å²) in [5.41, 5.74) is 7.42. The van der Waals surface area contributed by atoms with Gasteiger partial charge in [0.1, 0.15) is 11.5 Å². The molecule has 0 unspecified atom stereocenters. The van der Waals surface area contributed by atoms with Crippen LogP contribution in [0.1, 0.15) is 15.9 Å². The molecule has 0 aliphatic carbocycles. The zero-order valence-electron chi connectivity index (χ0n) is 11.3. The number of nitrogens with two attached hydrogens (primary N) is 1. The fraction of sp³-hybridized carbons (Fsp3) is 0.250. The van der Waals surface area contributed by atoms with Crippen molar-refractivity contribution in [3.8, 4) is 11.5 Å². The topological polar surface area (TPSA) is 112 Å². The molecule has 0 bridgehead atoms. The van der Waals surface area contributed by atoms with Gasteiger partial charge in [0.2, 0.25) is 0 Å². The summed E-state index contributed by atoms with van der Waals surface area (Å²) in [6.45, 7) is 0. The zero-order valence-corrected chi connectivity index (χ0v) is 11.3. The fourth-order valence-electron chi connectivity index (χ4n) is 1.46. The van der Waals surface area contributed by atoms with Crippen LogP contribution in [0.5, 0.6) is 11.5 Å². The Morgan fingerprint density at radius 2 is 1.95 bits per heavy atom. The van der Waals surface area contributed by atoms with Crippen LogP contribution in [0.25, 0.3) is 0 Å². The van der Waals surface area contributed by atoms with E-state index < -0.39 is 12.0 Å². The van der Waals surface area contributed by atoms with Gasteiger partial charge < -0.3 is 19.9 Å². The number of carbonyl (C=O) groups is 2. The second-order valence-corrected chi connectivity index (χ2v) is 3.52. The summed E-state index contributed by atoms with van der Waals surface area (Å²) in [4.78, 5) is 22.3. The van der Waals surface area contributed by atoms with E-state index in [4.69, 9.17) is 15.2 Å². The quantitative estimate of drug-likeness (QED) is 0.463. The molecule has 20 heavy (non-hydrogen) atoms. The Bertz CT molecular complexity index is 542. The molecular formula is C12H15N3O5. The van der Waals surface area contributed by atoms with Gasteiger partial charge in [0.05, 0.1) is 38.7 Å². The first-order valence-corrected chi connectivity index (χ1v) is 5.46. The number of esters is 1. The molecule has 0 radical (unpaired) electrons. The van der Waals surface area contributed by atoms with Gasteiger partial charge in [-0.1, -0.05) is 0 Å². The van der Waals surface area contributed by atoms with Crippen molar-refractivity contribution in [2.24, 2.45) is 10.8 Å². The number of methoxy groups -OCH3 is 3. The van der Waals surface area contributed by atoms with E-state index in [-0.39, 0.29) is 5.56 Å². The summed E-state index contributed by atoms with van der Waals surface area (Å²) in [5, 5.41) is 3.60. The Morgan fingerprint density at radius 3 is 2.45 bits per heavy atom. The van der Waals surface area contributed by atoms with E-state index in [1.54, 1.807) is 6.07 Å². The van der Waals surface area contributed by atoms with Gasteiger partial charge >= 0.3 is 12.0 Å². The van der Waals surface area contributed by atoms with Crippen molar-refractivity contribution < 1.29 is 23.8 Å². The lowest BCUT2D eigenvalue weighted by atomic mass is 10.1. The van der Waals surface area contributed by atoms with Crippen molar-refractivity contribution in [2.75, 3.05) is 21.3 Å². The molecule has 0 saturated carbocycles. The molecule has 8 nitrogen and oxygen atoms in total. The van der Waals surface area contributed by atoms with E-state index in [9.17, 15) is 9.59 Å². The van der Waals surface area contributed by atoms with Crippen LogP contribution in [-0.4, -0.2) is 39.5 Å². The molecule has 0 aromatic heterocycles. The minimum absolute atomic E-state index is 0.179. The number of rotatable bonds is 5. The SMILES string of the molecule is COC(=O)c1cc(OC)cc(OC)c1C=NNC(N)=O. The van der Waals surface area contributed by atoms with Crippen molar-refractivity contribution in [3.05, 3.63) is 23.3 Å². The summed E-state index contributed by atoms with van der Waals surface area (Å²) >= 11 is 0. The predicted molar refractivity (Wildman–Crippen MR) is 71.2 cm³/mol. The van der Waals surface area contributed by atoms with Gasteiger partial charge in [0.25, 0.3) is 0 Å². The standard InChI is InChI=1S/C12H15N3O5/c1-18-7-4-8(11(16)20-3)9(10(5-7)19-2)6-14-15-12(13)17/h4-6H,1-3H3,(H3,13,15,17). The number of benzene rings is 1. The van der Waals surface area contributed by atoms with Crippen LogP contribution in [0.15, 0.2) is 17.2 Å².